The van der Waals surface area contributed by atoms with Gasteiger partial charge in [-0.05, 0) is 44.6 Å². The van der Waals surface area contributed by atoms with Crippen LogP contribution >= 0.6 is 0 Å². The Kier molecular flexibility index (Phi) is 11.9. The Morgan fingerprint density at radius 3 is 2.00 bits per heavy atom. The second-order valence-electron chi connectivity index (χ2n) is 10.4. The third-order valence-corrected chi connectivity index (χ3v) is 4.98. The van der Waals surface area contributed by atoms with Gasteiger partial charge >= 0.3 is 11.9 Å². The predicted molar refractivity (Wildman–Crippen MR) is 133 cm³/mol. The molecule has 1 aromatic carbocycles. The zero-order valence-corrected chi connectivity index (χ0v) is 21.9. The summed E-state index contributed by atoms with van der Waals surface area (Å²) in [5, 5.41) is 5.19. The Bertz CT molecular complexity index is 848. The number of carbonyl (C=O) groups excluding carboxylic acids is 4. The highest BCUT2D eigenvalue weighted by molar-refractivity contribution is 5.94. The monoisotopic (exact) mass is 491 g/mol. The number of nitrogens with one attached hydrogen (secondary N) is 2. The Hall–Kier alpha value is -2.94. The zero-order valence-electron chi connectivity index (χ0n) is 21.9. The van der Waals surface area contributed by atoms with Crippen molar-refractivity contribution in [1.29, 1.82) is 0 Å². The van der Waals surface area contributed by atoms with Crippen LogP contribution in [0.15, 0.2) is 30.3 Å². The van der Waals surface area contributed by atoms with Crippen molar-refractivity contribution in [2.75, 3.05) is 0 Å². The van der Waals surface area contributed by atoms with Crippen LogP contribution in [-0.4, -0.2) is 47.5 Å². The summed E-state index contributed by atoms with van der Waals surface area (Å²) >= 11 is 0. The van der Waals surface area contributed by atoms with Crippen molar-refractivity contribution >= 4 is 23.8 Å². The fourth-order valence-electron chi connectivity index (χ4n) is 3.12. The average Bonchev–Trinajstić information content (AvgIpc) is 2.74. The standard InChI is InChI=1S/C26H41N3O6/c1-16(2)13-20(25(33)34-15-18-11-9-8-10-12-18)29-23(31)19(14-21(30)35-26(5,6)7)28-24(32)22(27)17(3)4/h8-12,16-17,19-20,22H,13-15,27H2,1-7H3,(H,28,32)(H,29,31)/t19-,20+,22-/m0/s1. The minimum Gasteiger partial charge on any atom is -0.460 e. The van der Waals surface area contributed by atoms with E-state index in [-0.39, 0.29) is 18.4 Å². The molecule has 0 aliphatic heterocycles. The van der Waals surface area contributed by atoms with E-state index in [1.54, 1.807) is 34.6 Å². The van der Waals surface area contributed by atoms with Crippen molar-refractivity contribution in [2.45, 2.75) is 91.6 Å². The summed E-state index contributed by atoms with van der Waals surface area (Å²) in [5.74, 6) is -2.64. The molecule has 2 amide bonds. The maximum atomic E-state index is 13.2. The first-order valence-corrected chi connectivity index (χ1v) is 12.0. The van der Waals surface area contributed by atoms with Crippen LogP contribution in [0.1, 0.15) is 66.9 Å². The summed E-state index contributed by atoms with van der Waals surface area (Å²) in [7, 11) is 0. The molecule has 1 aromatic rings. The van der Waals surface area contributed by atoms with E-state index in [2.05, 4.69) is 10.6 Å². The molecule has 0 aliphatic carbocycles. The first kappa shape index (κ1) is 30.1. The lowest BCUT2D eigenvalue weighted by Gasteiger charge is -2.26. The maximum absolute atomic E-state index is 13.2. The number of benzene rings is 1. The molecule has 0 spiro atoms. The lowest BCUT2D eigenvalue weighted by atomic mass is 10.0. The first-order valence-electron chi connectivity index (χ1n) is 12.0. The molecule has 3 atom stereocenters. The van der Waals surface area contributed by atoms with Crippen molar-refractivity contribution in [2.24, 2.45) is 17.6 Å². The third kappa shape index (κ3) is 11.8. The smallest absolute Gasteiger partial charge is 0.328 e. The van der Waals surface area contributed by atoms with Crippen LogP contribution in [0.25, 0.3) is 0 Å². The quantitative estimate of drug-likeness (QED) is 0.382. The number of carbonyl (C=O) groups is 4. The van der Waals surface area contributed by atoms with Gasteiger partial charge < -0.3 is 25.8 Å². The molecule has 9 heteroatoms. The largest absolute Gasteiger partial charge is 0.460 e. The molecular weight excluding hydrogens is 450 g/mol. The number of rotatable bonds is 12. The SMILES string of the molecule is CC(C)C[C@@H](NC(=O)[C@H](CC(=O)OC(C)(C)C)NC(=O)[C@@H](N)C(C)C)C(=O)OCc1ccccc1. The van der Waals surface area contributed by atoms with Gasteiger partial charge in [0.25, 0.3) is 0 Å². The highest BCUT2D eigenvalue weighted by atomic mass is 16.6. The van der Waals surface area contributed by atoms with Crippen molar-refractivity contribution in [3.05, 3.63) is 35.9 Å². The van der Waals surface area contributed by atoms with E-state index in [1.165, 1.54) is 0 Å². The third-order valence-electron chi connectivity index (χ3n) is 4.98. The minimum absolute atomic E-state index is 0.0610. The van der Waals surface area contributed by atoms with E-state index in [4.69, 9.17) is 15.2 Å². The van der Waals surface area contributed by atoms with Crippen molar-refractivity contribution in [3.63, 3.8) is 0 Å². The van der Waals surface area contributed by atoms with Gasteiger partial charge in [-0.2, -0.15) is 0 Å². The van der Waals surface area contributed by atoms with Crippen LogP contribution in [-0.2, 0) is 35.3 Å². The molecular formula is C26H41N3O6. The topological polar surface area (TPSA) is 137 Å². The summed E-state index contributed by atoms with van der Waals surface area (Å²) in [6, 6.07) is 6.09. The maximum Gasteiger partial charge on any atom is 0.328 e. The molecule has 0 radical (unpaired) electrons. The van der Waals surface area contributed by atoms with Gasteiger partial charge in [0, 0.05) is 0 Å². The normalized spacial score (nSPS) is 14.1. The van der Waals surface area contributed by atoms with E-state index >= 15 is 0 Å². The van der Waals surface area contributed by atoms with Gasteiger partial charge in [-0.25, -0.2) is 4.79 Å². The van der Waals surface area contributed by atoms with Crippen LogP contribution in [0.2, 0.25) is 0 Å². The fourth-order valence-corrected chi connectivity index (χ4v) is 3.12. The number of nitrogens with two attached hydrogens (primary N) is 1. The van der Waals surface area contributed by atoms with Gasteiger partial charge in [0.15, 0.2) is 0 Å². The van der Waals surface area contributed by atoms with Crippen LogP contribution in [0.5, 0.6) is 0 Å². The molecule has 0 unspecified atom stereocenters. The first-order chi connectivity index (χ1) is 16.2. The molecule has 0 heterocycles. The Morgan fingerprint density at radius 2 is 1.49 bits per heavy atom. The molecule has 0 aliphatic rings. The second-order valence-corrected chi connectivity index (χ2v) is 10.4. The molecule has 4 N–H and O–H groups in total. The average molecular weight is 492 g/mol. The highest BCUT2D eigenvalue weighted by Gasteiger charge is 2.32. The van der Waals surface area contributed by atoms with Crippen LogP contribution in [0.3, 0.4) is 0 Å². The van der Waals surface area contributed by atoms with E-state index in [0.717, 1.165) is 5.56 Å². The highest BCUT2D eigenvalue weighted by Crippen LogP contribution is 2.12. The van der Waals surface area contributed by atoms with Gasteiger partial charge in [0.2, 0.25) is 11.8 Å². The summed E-state index contributed by atoms with van der Waals surface area (Å²) in [6.07, 6.45) is -0.0922. The van der Waals surface area contributed by atoms with Gasteiger partial charge in [0.05, 0.1) is 12.5 Å². The molecule has 9 nitrogen and oxygen atoms in total. The van der Waals surface area contributed by atoms with Crippen molar-refractivity contribution in [3.8, 4) is 0 Å². The second kappa shape index (κ2) is 13.8. The number of esters is 2. The molecule has 196 valence electrons. The van der Waals surface area contributed by atoms with Crippen LogP contribution in [0.4, 0.5) is 0 Å². The number of ether oxygens (including phenoxy) is 2. The summed E-state index contributed by atoms with van der Waals surface area (Å²) in [4.78, 5) is 51.0. The minimum atomic E-state index is -1.27. The molecule has 0 bridgehead atoms. The molecule has 0 saturated carbocycles. The Balaban J connectivity index is 3.00. The zero-order chi connectivity index (χ0) is 26.8. The van der Waals surface area contributed by atoms with Gasteiger partial charge in [-0.3, -0.25) is 14.4 Å². The fraction of sp³-hybridized carbons (Fsp3) is 0.615. The van der Waals surface area contributed by atoms with Gasteiger partial charge in [-0.1, -0.05) is 58.0 Å². The van der Waals surface area contributed by atoms with Crippen molar-refractivity contribution < 1.29 is 28.7 Å². The molecule has 35 heavy (non-hydrogen) atoms. The molecule has 0 saturated heterocycles. The van der Waals surface area contributed by atoms with Crippen LogP contribution in [0, 0.1) is 11.8 Å². The number of amides is 2. The predicted octanol–water partition coefficient (Wildman–Crippen LogP) is 2.46. The summed E-state index contributed by atoms with van der Waals surface area (Å²) in [6.45, 7) is 12.5. The lowest BCUT2D eigenvalue weighted by Crippen LogP contribution is -2.56. The summed E-state index contributed by atoms with van der Waals surface area (Å²) < 4.78 is 10.7. The van der Waals surface area contributed by atoms with Gasteiger partial charge in [0.1, 0.15) is 24.3 Å². The Labute approximate surface area is 208 Å². The Morgan fingerprint density at radius 1 is 0.914 bits per heavy atom. The number of hydrogen-bond acceptors (Lipinski definition) is 7. The van der Waals surface area contributed by atoms with E-state index in [1.807, 2.05) is 44.2 Å². The van der Waals surface area contributed by atoms with Crippen molar-refractivity contribution in [1.82, 2.24) is 10.6 Å². The van der Waals surface area contributed by atoms with E-state index < -0.39 is 53.9 Å². The van der Waals surface area contributed by atoms with E-state index in [0.29, 0.717) is 6.42 Å². The van der Waals surface area contributed by atoms with E-state index in [9.17, 15) is 19.2 Å². The van der Waals surface area contributed by atoms with Gasteiger partial charge in [-0.15, -0.1) is 0 Å². The molecule has 1 rings (SSSR count). The number of hydrogen-bond donors (Lipinski definition) is 3. The summed E-state index contributed by atoms with van der Waals surface area (Å²) in [5.41, 5.74) is 5.96. The lowest BCUT2D eigenvalue weighted by molar-refractivity contribution is -0.156. The molecule has 0 fully saturated rings. The molecule has 0 aromatic heterocycles. The van der Waals surface area contributed by atoms with Crippen LogP contribution < -0.4 is 16.4 Å².